The molecule has 30 heavy (non-hydrogen) atoms. The second-order valence-corrected chi connectivity index (χ2v) is 7.00. The standard InChI is InChI=1S/C20H26B2N2O6/c25-19(23-17-11-7-15(8-12-17)21(27)28)5-3-1-2-4-6-20(26)24-18-13-9-16(10-14-18)22(29)30/h7-14,27-30H,1-6H2,(H,23,25)(H,24,26). The molecule has 2 aromatic rings. The Labute approximate surface area is 176 Å². The van der Waals surface area contributed by atoms with Crippen LogP contribution in [0.4, 0.5) is 11.4 Å². The summed E-state index contributed by atoms with van der Waals surface area (Å²) in [5, 5.41) is 41.7. The van der Waals surface area contributed by atoms with Crippen LogP contribution in [0, 0.1) is 0 Å². The van der Waals surface area contributed by atoms with Crippen LogP contribution in [-0.4, -0.2) is 46.1 Å². The van der Waals surface area contributed by atoms with Crippen molar-refractivity contribution in [3.63, 3.8) is 0 Å². The van der Waals surface area contributed by atoms with Crippen molar-refractivity contribution in [1.29, 1.82) is 0 Å². The van der Waals surface area contributed by atoms with E-state index in [9.17, 15) is 9.59 Å². The fourth-order valence-electron chi connectivity index (χ4n) is 2.85. The van der Waals surface area contributed by atoms with Crippen molar-refractivity contribution in [1.82, 2.24) is 0 Å². The quantitative estimate of drug-likeness (QED) is 0.226. The zero-order chi connectivity index (χ0) is 21.9. The molecule has 0 bridgehead atoms. The van der Waals surface area contributed by atoms with Gasteiger partial charge < -0.3 is 30.7 Å². The Bertz CT molecular complexity index is 744. The van der Waals surface area contributed by atoms with E-state index >= 15 is 0 Å². The maximum atomic E-state index is 11.9. The van der Waals surface area contributed by atoms with Crippen LogP contribution >= 0.6 is 0 Å². The monoisotopic (exact) mass is 412 g/mol. The lowest BCUT2D eigenvalue weighted by atomic mass is 9.80. The molecular weight excluding hydrogens is 386 g/mol. The van der Waals surface area contributed by atoms with Crippen molar-refractivity contribution >= 4 is 48.4 Å². The molecule has 0 aliphatic carbocycles. The van der Waals surface area contributed by atoms with Crippen molar-refractivity contribution < 1.29 is 29.7 Å². The molecule has 10 heteroatoms. The maximum Gasteiger partial charge on any atom is 0.488 e. The van der Waals surface area contributed by atoms with E-state index in [-0.39, 0.29) is 11.8 Å². The Morgan fingerprint density at radius 1 is 0.600 bits per heavy atom. The molecule has 0 saturated heterocycles. The Kier molecular flexibility index (Phi) is 9.56. The predicted molar refractivity (Wildman–Crippen MR) is 117 cm³/mol. The van der Waals surface area contributed by atoms with E-state index < -0.39 is 14.2 Å². The number of benzene rings is 2. The number of nitrogens with one attached hydrogen (secondary N) is 2. The van der Waals surface area contributed by atoms with Crippen molar-refractivity contribution in [2.45, 2.75) is 38.5 Å². The van der Waals surface area contributed by atoms with Crippen molar-refractivity contribution in [3.8, 4) is 0 Å². The van der Waals surface area contributed by atoms with Crippen molar-refractivity contribution in [2.24, 2.45) is 0 Å². The summed E-state index contributed by atoms with van der Waals surface area (Å²) in [7, 11) is -3.06. The highest BCUT2D eigenvalue weighted by molar-refractivity contribution is 6.58. The molecule has 0 aliphatic heterocycles. The highest BCUT2D eigenvalue weighted by Gasteiger charge is 2.11. The summed E-state index contributed by atoms with van der Waals surface area (Å²) < 4.78 is 0. The third kappa shape index (κ3) is 8.38. The molecular formula is C20H26B2N2O6. The van der Waals surface area contributed by atoms with E-state index in [2.05, 4.69) is 10.6 Å². The fraction of sp³-hybridized carbons (Fsp3) is 0.300. The second-order valence-electron chi connectivity index (χ2n) is 7.00. The van der Waals surface area contributed by atoms with Crippen LogP contribution in [0.2, 0.25) is 0 Å². The van der Waals surface area contributed by atoms with Gasteiger partial charge >= 0.3 is 14.2 Å². The molecule has 2 rings (SSSR count). The number of anilines is 2. The van der Waals surface area contributed by atoms with Gasteiger partial charge in [0.15, 0.2) is 0 Å². The molecule has 2 aromatic carbocycles. The smallest absolute Gasteiger partial charge is 0.423 e. The van der Waals surface area contributed by atoms with Gasteiger partial charge in [0.1, 0.15) is 0 Å². The molecule has 0 atom stereocenters. The largest absolute Gasteiger partial charge is 0.488 e. The molecule has 6 N–H and O–H groups in total. The Balaban J connectivity index is 1.56. The number of hydrogen-bond donors (Lipinski definition) is 6. The van der Waals surface area contributed by atoms with Crippen LogP contribution in [0.15, 0.2) is 48.5 Å². The minimum Gasteiger partial charge on any atom is -0.423 e. The van der Waals surface area contributed by atoms with Crippen LogP contribution < -0.4 is 21.6 Å². The van der Waals surface area contributed by atoms with Gasteiger partial charge in [-0.3, -0.25) is 9.59 Å². The summed E-state index contributed by atoms with van der Waals surface area (Å²) in [4.78, 5) is 23.9. The second kappa shape index (κ2) is 12.1. The number of hydrogen-bond acceptors (Lipinski definition) is 6. The average Bonchev–Trinajstić information content (AvgIpc) is 2.71. The first-order valence-corrected chi connectivity index (χ1v) is 9.87. The van der Waals surface area contributed by atoms with Gasteiger partial charge in [0.05, 0.1) is 0 Å². The average molecular weight is 412 g/mol. The van der Waals surface area contributed by atoms with Gasteiger partial charge in [-0.05, 0) is 48.0 Å². The highest BCUT2D eigenvalue weighted by atomic mass is 16.4. The molecule has 0 spiro atoms. The zero-order valence-corrected chi connectivity index (χ0v) is 16.6. The molecule has 0 radical (unpaired) electrons. The number of amides is 2. The van der Waals surface area contributed by atoms with E-state index in [0.717, 1.165) is 12.8 Å². The van der Waals surface area contributed by atoms with E-state index in [4.69, 9.17) is 20.1 Å². The van der Waals surface area contributed by atoms with Crippen LogP contribution in [0.1, 0.15) is 38.5 Å². The molecule has 0 saturated carbocycles. The summed E-state index contributed by atoms with van der Waals surface area (Å²) in [6, 6.07) is 12.6. The number of carbonyl (C=O) groups excluding carboxylic acids is 2. The minimum absolute atomic E-state index is 0.110. The molecule has 0 aromatic heterocycles. The maximum absolute atomic E-state index is 11.9. The third-order valence-electron chi connectivity index (χ3n) is 4.54. The van der Waals surface area contributed by atoms with Crippen LogP contribution in [-0.2, 0) is 9.59 Å². The summed E-state index contributed by atoms with van der Waals surface area (Å²) in [5.41, 5.74) is 1.92. The lowest BCUT2D eigenvalue weighted by Gasteiger charge is -2.07. The lowest BCUT2D eigenvalue weighted by molar-refractivity contribution is -0.117. The van der Waals surface area contributed by atoms with Crippen LogP contribution in [0.25, 0.3) is 0 Å². The molecule has 0 heterocycles. The van der Waals surface area contributed by atoms with E-state index in [1.54, 1.807) is 24.3 Å². The number of carbonyl (C=O) groups is 2. The first kappa shape index (κ1) is 23.6. The summed E-state index contributed by atoms with van der Waals surface area (Å²) >= 11 is 0. The van der Waals surface area contributed by atoms with Gasteiger partial charge in [0.2, 0.25) is 11.8 Å². The zero-order valence-electron chi connectivity index (χ0n) is 16.6. The fourth-order valence-corrected chi connectivity index (χ4v) is 2.85. The van der Waals surface area contributed by atoms with Crippen LogP contribution in [0.3, 0.4) is 0 Å². The minimum atomic E-state index is -1.53. The normalized spacial score (nSPS) is 10.4. The summed E-state index contributed by atoms with van der Waals surface area (Å²) in [6.07, 6.45) is 3.84. The molecule has 8 nitrogen and oxygen atoms in total. The van der Waals surface area contributed by atoms with Gasteiger partial charge in [-0.15, -0.1) is 0 Å². The topological polar surface area (TPSA) is 139 Å². The Morgan fingerprint density at radius 2 is 0.933 bits per heavy atom. The van der Waals surface area contributed by atoms with E-state index in [0.29, 0.717) is 48.0 Å². The van der Waals surface area contributed by atoms with E-state index in [1.165, 1.54) is 24.3 Å². The van der Waals surface area contributed by atoms with Gasteiger partial charge in [0, 0.05) is 24.2 Å². The Hall–Kier alpha value is -2.65. The number of unbranched alkanes of at least 4 members (excludes halogenated alkanes) is 3. The van der Waals surface area contributed by atoms with Crippen molar-refractivity contribution in [2.75, 3.05) is 10.6 Å². The van der Waals surface area contributed by atoms with Gasteiger partial charge in [-0.2, -0.15) is 0 Å². The van der Waals surface area contributed by atoms with E-state index in [1.807, 2.05) is 0 Å². The molecule has 0 unspecified atom stereocenters. The third-order valence-corrected chi connectivity index (χ3v) is 4.54. The molecule has 0 fully saturated rings. The summed E-state index contributed by atoms with van der Waals surface area (Å²) in [5.74, 6) is -0.219. The van der Waals surface area contributed by atoms with Crippen molar-refractivity contribution in [3.05, 3.63) is 48.5 Å². The molecule has 2 amide bonds. The Morgan fingerprint density at radius 3 is 1.23 bits per heavy atom. The first-order valence-electron chi connectivity index (χ1n) is 9.87. The molecule has 0 aliphatic rings. The molecule has 158 valence electrons. The van der Waals surface area contributed by atoms with Gasteiger partial charge in [-0.1, -0.05) is 37.1 Å². The number of rotatable bonds is 11. The first-order chi connectivity index (χ1) is 14.3. The highest BCUT2D eigenvalue weighted by Crippen LogP contribution is 2.10. The summed E-state index contributed by atoms with van der Waals surface area (Å²) in [6.45, 7) is 0. The van der Waals surface area contributed by atoms with Crippen LogP contribution in [0.5, 0.6) is 0 Å². The lowest BCUT2D eigenvalue weighted by Crippen LogP contribution is -2.29. The SMILES string of the molecule is O=C(CCCCCCC(=O)Nc1ccc(B(O)O)cc1)Nc1ccc(B(O)O)cc1. The van der Waals surface area contributed by atoms with Gasteiger partial charge in [0.25, 0.3) is 0 Å². The predicted octanol–water partition coefficient (Wildman–Crippen LogP) is -0.0360. The van der Waals surface area contributed by atoms with Gasteiger partial charge in [-0.25, -0.2) is 0 Å².